The second kappa shape index (κ2) is 5.47. The number of ether oxygens (including phenoxy) is 1. The van der Waals surface area contributed by atoms with Crippen LogP contribution in [0.3, 0.4) is 0 Å². The number of rotatable bonds is 3. The Morgan fingerprint density at radius 2 is 1.87 bits per heavy atom. The summed E-state index contributed by atoms with van der Waals surface area (Å²) in [5.74, 6) is 0.241. The van der Waals surface area contributed by atoms with Gasteiger partial charge in [-0.15, -0.1) is 0 Å². The fraction of sp³-hybridized carbons (Fsp3) is 0.909. The number of hydrogen-bond acceptors (Lipinski definition) is 3. The predicted octanol–water partition coefficient (Wildman–Crippen LogP) is 0.574. The molecule has 0 spiro atoms. The van der Waals surface area contributed by atoms with Crippen LogP contribution in [0.2, 0.25) is 0 Å². The van der Waals surface area contributed by atoms with Crippen molar-refractivity contribution in [2.75, 3.05) is 33.7 Å². The number of carbonyl (C=O) groups is 1. The van der Waals surface area contributed by atoms with Gasteiger partial charge in [-0.3, -0.25) is 4.79 Å². The Hall–Kier alpha value is -0.610. The standard InChI is InChI=1S/C11H22N2O2/c1-9-7-13(8-10(2)15-9)11(14)5-6-12(3)4/h9-10H,5-8H2,1-4H3/t9-,10+. The molecule has 1 heterocycles. The van der Waals surface area contributed by atoms with Crippen molar-refractivity contribution in [1.82, 2.24) is 9.80 Å². The average molecular weight is 214 g/mol. The first kappa shape index (κ1) is 12.5. The first-order chi connectivity index (χ1) is 6.99. The molecule has 15 heavy (non-hydrogen) atoms. The van der Waals surface area contributed by atoms with Crippen molar-refractivity contribution in [3.8, 4) is 0 Å². The molecule has 1 aliphatic rings. The van der Waals surface area contributed by atoms with Crippen LogP contribution in [0.15, 0.2) is 0 Å². The molecule has 0 aromatic heterocycles. The van der Waals surface area contributed by atoms with Crippen LogP contribution in [0.5, 0.6) is 0 Å². The molecule has 1 saturated heterocycles. The molecule has 4 nitrogen and oxygen atoms in total. The minimum Gasteiger partial charge on any atom is -0.372 e. The van der Waals surface area contributed by atoms with Crippen LogP contribution >= 0.6 is 0 Å². The van der Waals surface area contributed by atoms with Gasteiger partial charge in [-0.25, -0.2) is 0 Å². The number of carbonyl (C=O) groups excluding carboxylic acids is 1. The van der Waals surface area contributed by atoms with Crippen molar-refractivity contribution in [2.45, 2.75) is 32.5 Å². The molecule has 0 N–H and O–H groups in total. The van der Waals surface area contributed by atoms with Crippen molar-refractivity contribution in [2.24, 2.45) is 0 Å². The highest BCUT2D eigenvalue weighted by Crippen LogP contribution is 2.11. The van der Waals surface area contributed by atoms with Crippen LogP contribution in [0, 0.1) is 0 Å². The monoisotopic (exact) mass is 214 g/mol. The zero-order valence-electron chi connectivity index (χ0n) is 10.2. The third kappa shape index (κ3) is 4.18. The van der Waals surface area contributed by atoms with Crippen LogP contribution in [-0.4, -0.2) is 61.6 Å². The van der Waals surface area contributed by atoms with Gasteiger partial charge in [0, 0.05) is 26.1 Å². The highest BCUT2D eigenvalue weighted by Gasteiger charge is 2.25. The van der Waals surface area contributed by atoms with Gasteiger partial charge >= 0.3 is 0 Å². The lowest BCUT2D eigenvalue weighted by Crippen LogP contribution is -2.48. The van der Waals surface area contributed by atoms with Gasteiger partial charge in [-0.05, 0) is 27.9 Å². The van der Waals surface area contributed by atoms with Crippen LogP contribution in [0.25, 0.3) is 0 Å². The lowest BCUT2D eigenvalue weighted by atomic mass is 10.2. The van der Waals surface area contributed by atoms with Gasteiger partial charge in [0.25, 0.3) is 0 Å². The number of amides is 1. The summed E-state index contributed by atoms with van der Waals surface area (Å²) in [5, 5.41) is 0. The normalized spacial score (nSPS) is 27.1. The summed E-state index contributed by atoms with van der Waals surface area (Å²) in [4.78, 5) is 15.8. The molecule has 1 rings (SSSR count). The number of hydrogen-bond donors (Lipinski definition) is 0. The van der Waals surface area contributed by atoms with Gasteiger partial charge in [0.05, 0.1) is 12.2 Å². The van der Waals surface area contributed by atoms with Crippen molar-refractivity contribution in [3.63, 3.8) is 0 Å². The highest BCUT2D eigenvalue weighted by atomic mass is 16.5. The molecule has 88 valence electrons. The lowest BCUT2D eigenvalue weighted by molar-refractivity contribution is -0.143. The Morgan fingerprint density at radius 1 is 1.33 bits per heavy atom. The predicted molar refractivity (Wildman–Crippen MR) is 59.8 cm³/mol. The summed E-state index contributed by atoms with van der Waals surface area (Å²) < 4.78 is 5.59. The van der Waals surface area contributed by atoms with E-state index >= 15 is 0 Å². The Balaban J connectivity index is 2.38. The van der Waals surface area contributed by atoms with E-state index in [1.807, 2.05) is 37.7 Å². The third-order valence-corrected chi connectivity index (χ3v) is 2.55. The van der Waals surface area contributed by atoms with E-state index in [1.165, 1.54) is 0 Å². The first-order valence-corrected chi connectivity index (χ1v) is 5.57. The van der Waals surface area contributed by atoms with E-state index in [0.717, 1.165) is 19.6 Å². The van der Waals surface area contributed by atoms with E-state index in [4.69, 9.17) is 4.74 Å². The Labute approximate surface area is 92.2 Å². The highest BCUT2D eigenvalue weighted by molar-refractivity contribution is 5.76. The second-order valence-corrected chi connectivity index (χ2v) is 4.61. The number of nitrogens with zero attached hydrogens (tertiary/aromatic N) is 2. The van der Waals surface area contributed by atoms with E-state index < -0.39 is 0 Å². The molecule has 0 saturated carbocycles. The fourth-order valence-corrected chi connectivity index (χ4v) is 1.86. The molecule has 1 amide bonds. The Morgan fingerprint density at radius 3 is 2.33 bits per heavy atom. The smallest absolute Gasteiger partial charge is 0.224 e. The zero-order valence-corrected chi connectivity index (χ0v) is 10.2. The van der Waals surface area contributed by atoms with Crippen molar-refractivity contribution in [3.05, 3.63) is 0 Å². The van der Waals surface area contributed by atoms with Crippen molar-refractivity contribution >= 4 is 5.91 Å². The average Bonchev–Trinajstić information content (AvgIpc) is 2.12. The van der Waals surface area contributed by atoms with Gasteiger partial charge in [-0.2, -0.15) is 0 Å². The summed E-state index contributed by atoms with van der Waals surface area (Å²) in [6, 6.07) is 0. The molecule has 4 heteroatoms. The van der Waals surface area contributed by atoms with Crippen molar-refractivity contribution in [1.29, 1.82) is 0 Å². The van der Waals surface area contributed by atoms with E-state index in [0.29, 0.717) is 6.42 Å². The molecule has 1 fully saturated rings. The molecule has 1 aliphatic heterocycles. The Bertz CT molecular complexity index is 209. The van der Waals surface area contributed by atoms with Gasteiger partial charge in [0.1, 0.15) is 0 Å². The quantitative estimate of drug-likeness (QED) is 0.689. The van der Waals surface area contributed by atoms with Crippen LogP contribution < -0.4 is 0 Å². The maximum Gasteiger partial charge on any atom is 0.224 e. The molecule has 0 bridgehead atoms. The van der Waals surface area contributed by atoms with E-state index in [9.17, 15) is 4.79 Å². The molecule has 0 aliphatic carbocycles. The van der Waals surface area contributed by atoms with Gasteiger partial charge < -0.3 is 14.5 Å². The molecular weight excluding hydrogens is 192 g/mol. The van der Waals surface area contributed by atoms with E-state index in [-0.39, 0.29) is 18.1 Å². The minimum atomic E-state index is 0.164. The third-order valence-electron chi connectivity index (χ3n) is 2.55. The van der Waals surface area contributed by atoms with E-state index in [1.54, 1.807) is 0 Å². The Kier molecular flexibility index (Phi) is 4.54. The first-order valence-electron chi connectivity index (χ1n) is 5.57. The van der Waals surface area contributed by atoms with Gasteiger partial charge in [0.15, 0.2) is 0 Å². The molecule has 0 radical (unpaired) electrons. The van der Waals surface area contributed by atoms with Crippen LogP contribution in [0.1, 0.15) is 20.3 Å². The largest absolute Gasteiger partial charge is 0.372 e. The maximum absolute atomic E-state index is 11.8. The summed E-state index contributed by atoms with van der Waals surface area (Å²) in [5.41, 5.74) is 0. The summed E-state index contributed by atoms with van der Waals surface area (Å²) in [6.07, 6.45) is 0.931. The molecule has 2 atom stereocenters. The van der Waals surface area contributed by atoms with Crippen molar-refractivity contribution < 1.29 is 9.53 Å². The molecule has 0 unspecified atom stereocenters. The minimum absolute atomic E-state index is 0.164. The second-order valence-electron chi connectivity index (χ2n) is 4.61. The maximum atomic E-state index is 11.8. The summed E-state index contributed by atoms with van der Waals surface area (Å²) >= 11 is 0. The van der Waals surface area contributed by atoms with Crippen LogP contribution in [0.4, 0.5) is 0 Å². The van der Waals surface area contributed by atoms with E-state index in [2.05, 4.69) is 0 Å². The summed E-state index contributed by atoms with van der Waals surface area (Å²) in [6.45, 7) is 6.32. The van der Waals surface area contributed by atoms with Crippen LogP contribution in [-0.2, 0) is 9.53 Å². The molecule has 0 aromatic carbocycles. The summed E-state index contributed by atoms with van der Waals surface area (Å²) in [7, 11) is 3.97. The zero-order chi connectivity index (χ0) is 11.4. The number of morpholine rings is 1. The topological polar surface area (TPSA) is 32.8 Å². The van der Waals surface area contributed by atoms with Gasteiger partial charge in [0.2, 0.25) is 5.91 Å². The molecule has 0 aromatic rings. The van der Waals surface area contributed by atoms with Gasteiger partial charge in [-0.1, -0.05) is 0 Å². The lowest BCUT2D eigenvalue weighted by Gasteiger charge is -2.35. The molecular formula is C11H22N2O2. The fourth-order valence-electron chi connectivity index (χ4n) is 1.86. The SMILES string of the molecule is C[C@@H]1CN(C(=O)CCN(C)C)C[C@H](C)O1.